The van der Waals surface area contributed by atoms with E-state index in [1.807, 2.05) is 20.8 Å². The molecule has 0 aliphatic rings. The van der Waals surface area contributed by atoms with Crippen LogP contribution >= 0.6 is 15.9 Å². The first-order valence-electron chi connectivity index (χ1n) is 7.34. The Labute approximate surface area is 134 Å². The Hall–Kier alpha value is -1.37. The van der Waals surface area contributed by atoms with E-state index in [-0.39, 0.29) is 11.9 Å². The number of hydrogen-bond acceptors (Lipinski definition) is 5. The maximum Gasteiger partial charge on any atom is 0.244 e. The van der Waals surface area contributed by atoms with Gasteiger partial charge >= 0.3 is 0 Å². The monoisotopic (exact) mass is 357 g/mol. The molecule has 1 amide bonds. The predicted octanol–water partition coefficient (Wildman–Crippen LogP) is 2.73. The molecule has 1 aromatic rings. The molecule has 1 atom stereocenters. The van der Waals surface area contributed by atoms with Gasteiger partial charge < -0.3 is 15.5 Å². The molecule has 0 spiro atoms. The van der Waals surface area contributed by atoms with Gasteiger partial charge in [-0.2, -0.15) is 0 Å². The maximum atomic E-state index is 12.3. The molecule has 0 radical (unpaired) electrons. The summed E-state index contributed by atoms with van der Waals surface area (Å²) in [7, 11) is 0. The highest BCUT2D eigenvalue weighted by molar-refractivity contribution is 9.10. The van der Waals surface area contributed by atoms with Crippen molar-refractivity contribution < 1.29 is 4.79 Å². The van der Waals surface area contributed by atoms with Crippen LogP contribution in [0.15, 0.2) is 10.8 Å². The number of halogens is 1. The lowest BCUT2D eigenvalue weighted by Gasteiger charge is -2.24. The molecule has 1 aromatic heterocycles. The number of hydrogen-bond donors (Lipinski definition) is 2. The van der Waals surface area contributed by atoms with Crippen molar-refractivity contribution in [3.63, 3.8) is 0 Å². The van der Waals surface area contributed by atoms with Gasteiger partial charge in [0.2, 0.25) is 5.91 Å². The number of anilines is 2. The van der Waals surface area contributed by atoms with Crippen molar-refractivity contribution >= 4 is 33.5 Å². The first kappa shape index (κ1) is 17.7. The Morgan fingerprint density at radius 3 is 2.48 bits per heavy atom. The number of rotatable bonds is 8. The topological polar surface area (TPSA) is 70.1 Å². The van der Waals surface area contributed by atoms with Crippen molar-refractivity contribution in [1.29, 1.82) is 0 Å². The number of amides is 1. The number of nitrogens with zero attached hydrogens (tertiary/aromatic N) is 3. The number of carbonyl (C=O) groups excluding carboxylic acids is 1. The SMILES string of the molecule is CCCNc1ncnc(NC(C)C(=O)N(CC)CC)c1Br. The van der Waals surface area contributed by atoms with Crippen molar-refractivity contribution in [2.75, 3.05) is 30.3 Å². The predicted molar refractivity (Wildman–Crippen MR) is 89.5 cm³/mol. The van der Waals surface area contributed by atoms with Gasteiger partial charge in [0.25, 0.3) is 0 Å². The van der Waals surface area contributed by atoms with E-state index >= 15 is 0 Å². The van der Waals surface area contributed by atoms with Crippen LogP contribution in [-0.4, -0.2) is 46.5 Å². The third-order valence-electron chi connectivity index (χ3n) is 3.13. The number of carbonyl (C=O) groups is 1. The van der Waals surface area contributed by atoms with Gasteiger partial charge in [-0.15, -0.1) is 0 Å². The zero-order valence-corrected chi connectivity index (χ0v) is 14.7. The molecule has 21 heavy (non-hydrogen) atoms. The van der Waals surface area contributed by atoms with E-state index in [9.17, 15) is 4.79 Å². The quantitative estimate of drug-likeness (QED) is 0.748. The summed E-state index contributed by atoms with van der Waals surface area (Å²) in [5.41, 5.74) is 0. The lowest BCUT2D eigenvalue weighted by atomic mass is 10.2. The molecule has 0 aliphatic carbocycles. The first-order chi connectivity index (χ1) is 10.0. The van der Waals surface area contributed by atoms with Crippen molar-refractivity contribution in [3.8, 4) is 0 Å². The van der Waals surface area contributed by atoms with Gasteiger partial charge in [-0.05, 0) is 43.1 Å². The minimum atomic E-state index is -0.338. The van der Waals surface area contributed by atoms with Crippen LogP contribution in [0, 0.1) is 0 Å². The van der Waals surface area contributed by atoms with E-state index in [4.69, 9.17) is 0 Å². The summed E-state index contributed by atoms with van der Waals surface area (Å²) < 4.78 is 0.748. The van der Waals surface area contributed by atoms with E-state index < -0.39 is 0 Å². The molecule has 1 unspecified atom stereocenters. The van der Waals surface area contributed by atoms with Crippen LogP contribution in [0.2, 0.25) is 0 Å². The molecule has 1 rings (SSSR count). The molecule has 0 aromatic carbocycles. The molecule has 0 fully saturated rings. The largest absolute Gasteiger partial charge is 0.369 e. The Kier molecular flexibility index (Phi) is 7.42. The van der Waals surface area contributed by atoms with Crippen molar-refractivity contribution in [3.05, 3.63) is 10.8 Å². The van der Waals surface area contributed by atoms with Crippen LogP contribution < -0.4 is 10.6 Å². The number of likely N-dealkylation sites (N-methyl/N-ethyl adjacent to an activating group) is 1. The van der Waals surface area contributed by atoms with E-state index in [1.54, 1.807) is 4.90 Å². The lowest BCUT2D eigenvalue weighted by molar-refractivity contribution is -0.131. The molecule has 7 heteroatoms. The van der Waals surface area contributed by atoms with Gasteiger partial charge in [0.05, 0.1) is 0 Å². The van der Waals surface area contributed by atoms with E-state index in [1.165, 1.54) is 6.33 Å². The van der Waals surface area contributed by atoms with Crippen LogP contribution in [0.3, 0.4) is 0 Å². The summed E-state index contributed by atoms with van der Waals surface area (Å²) in [4.78, 5) is 22.5. The third kappa shape index (κ3) is 4.84. The average Bonchev–Trinajstić information content (AvgIpc) is 2.49. The molecular formula is C14H24BrN5O. The Balaban J connectivity index is 2.80. The summed E-state index contributed by atoms with van der Waals surface area (Å²) in [6.45, 7) is 10.1. The lowest BCUT2D eigenvalue weighted by Crippen LogP contribution is -2.41. The minimum absolute atomic E-state index is 0.0635. The van der Waals surface area contributed by atoms with Crippen molar-refractivity contribution in [2.45, 2.75) is 40.2 Å². The van der Waals surface area contributed by atoms with Crippen LogP contribution in [0.25, 0.3) is 0 Å². The summed E-state index contributed by atoms with van der Waals surface area (Å²) in [6, 6.07) is -0.338. The molecule has 0 saturated heterocycles. The minimum Gasteiger partial charge on any atom is -0.369 e. The highest BCUT2D eigenvalue weighted by Gasteiger charge is 2.20. The second-order valence-electron chi connectivity index (χ2n) is 4.69. The molecular weight excluding hydrogens is 334 g/mol. The molecule has 1 heterocycles. The highest BCUT2D eigenvalue weighted by Crippen LogP contribution is 2.27. The zero-order valence-electron chi connectivity index (χ0n) is 13.1. The highest BCUT2D eigenvalue weighted by atomic mass is 79.9. The van der Waals surface area contributed by atoms with Crippen molar-refractivity contribution in [1.82, 2.24) is 14.9 Å². The van der Waals surface area contributed by atoms with E-state index in [0.717, 1.165) is 23.3 Å². The van der Waals surface area contributed by atoms with Crippen LogP contribution in [-0.2, 0) is 4.79 Å². The fourth-order valence-corrected chi connectivity index (χ4v) is 2.37. The second kappa shape index (κ2) is 8.81. The number of aromatic nitrogens is 2. The molecule has 118 valence electrons. The normalized spacial score (nSPS) is 11.9. The first-order valence-corrected chi connectivity index (χ1v) is 8.14. The smallest absolute Gasteiger partial charge is 0.244 e. The van der Waals surface area contributed by atoms with E-state index in [2.05, 4.69) is 43.5 Å². The summed E-state index contributed by atoms with van der Waals surface area (Å²) >= 11 is 3.49. The van der Waals surface area contributed by atoms with Gasteiger partial charge in [-0.1, -0.05) is 6.92 Å². The average molecular weight is 358 g/mol. The third-order valence-corrected chi connectivity index (χ3v) is 3.88. The summed E-state index contributed by atoms with van der Waals surface area (Å²) in [5, 5.41) is 6.36. The zero-order chi connectivity index (χ0) is 15.8. The van der Waals surface area contributed by atoms with E-state index in [0.29, 0.717) is 18.9 Å². The fraction of sp³-hybridized carbons (Fsp3) is 0.643. The van der Waals surface area contributed by atoms with Crippen LogP contribution in [0.4, 0.5) is 11.6 Å². The molecule has 2 N–H and O–H groups in total. The Bertz CT molecular complexity index is 465. The standard InChI is InChI=1S/C14H24BrN5O/c1-5-8-16-12-11(15)13(18-9-17-12)19-10(4)14(21)20(6-2)7-3/h9-10H,5-8H2,1-4H3,(H2,16,17,18,19). The van der Waals surface area contributed by atoms with Gasteiger partial charge in [0.15, 0.2) is 0 Å². The van der Waals surface area contributed by atoms with Gasteiger partial charge in [-0.25, -0.2) is 9.97 Å². The molecule has 0 bridgehead atoms. The molecule has 6 nitrogen and oxygen atoms in total. The Morgan fingerprint density at radius 2 is 1.90 bits per heavy atom. The second-order valence-corrected chi connectivity index (χ2v) is 5.48. The number of nitrogens with one attached hydrogen (secondary N) is 2. The van der Waals surface area contributed by atoms with Gasteiger partial charge in [-0.3, -0.25) is 4.79 Å². The van der Waals surface area contributed by atoms with Gasteiger partial charge in [0.1, 0.15) is 28.5 Å². The molecule has 0 aliphatic heterocycles. The summed E-state index contributed by atoms with van der Waals surface area (Å²) in [6.07, 6.45) is 2.50. The van der Waals surface area contributed by atoms with Gasteiger partial charge in [0, 0.05) is 19.6 Å². The summed E-state index contributed by atoms with van der Waals surface area (Å²) in [5.74, 6) is 1.42. The maximum absolute atomic E-state index is 12.3. The van der Waals surface area contributed by atoms with Crippen molar-refractivity contribution in [2.24, 2.45) is 0 Å². The van der Waals surface area contributed by atoms with Crippen LogP contribution in [0.5, 0.6) is 0 Å². The van der Waals surface area contributed by atoms with Crippen LogP contribution in [0.1, 0.15) is 34.1 Å². The fourth-order valence-electron chi connectivity index (χ4n) is 1.91. The molecule has 0 saturated carbocycles. The Morgan fingerprint density at radius 1 is 1.29 bits per heavy atom.